The van der Waals surface area contributed by atoms with Crippen LogP contribution in [-0.4, -0.2) is 16.1 Å². The Kier molecular flexibility index (Phi) is 9.56. The van der Waals surface area contributed by atoms with Crippen molar-refractivity contribution in [2.45, 2.75) is 65.7 Å². The van der Waals surface area contributed by atoms with E-state index in [1.807, 2.05) is 0 Å². The van der Waals surface area contributed by atoms with Crippen LogP contribution in [0.15, 0.2) is 194 Å². The lowest BCUT2D eigenvalue weighted by Crippen LogP contribution is -2.50. The molecule has 11 aromatic carbocycles. The summed E-state index contributed by atoms with van der Waals surface area (Å²) in [4.78, 5) is 5.29. The van der Waals surface area contributed by atoms with Gasteiger partial charge >= 0.3 is 0 Å². The van der Waals surface area contributed by atoms with E-state index in [9.17, 15) is 0 Å². The lowest BCUT2D eigenvalue weighted by Gasteiger charge is -2.35. The lowest BCUT2D eigenvalue weighted by atomic mass is 9.81. The van der Waals surface area contributed by atoms with Gasteiger partial charge in [-0.25, -0.2) is 0 Å². The number of fused-ring (bicyclic) bond motifs is 9. The minimum atomic E-state index is -2.16. The van der Waals surface area contributed by atoms with Gasteiger partial charge in [0.1, 0.15) is 16.1 Å². The Morgan fingerprint density at radius 2 is 0.729 bits per heavy atom. The molecule has 0 amide bonds. The molecule has 0 aromatic heterocycles. The molecule has 2 nitrogen and oxygen atoms in total. The van der Waals surface area contributed by atoms with Gasteiger partial charge in [0.15, 0.2) is 0 Å². The molecule has 2 heterocycles. The normalized spacial score (nSPS) is 14.2. The molecule has 0 N–H and O–H groups in total. The first kappa shape index (κ1) is 42.8. The molecule has 0 radical (unpaired) electrons. The van der Waals surface area contributed by atoms with Crippen LogP contribution in [0.5, 0.6) is 0 Å². The van der Waals surface area contributed by atoms with E-state index in [4.69, 9.17) is 0 Å². The summed E-state index contributed by atoms with van der Waals surface area (Å²) in [5.74, 6) is 0.529. The van der Waals surface area contributed by atoms with E-state index < -0.39 is 16.1 Å². The van der Waals surface area contributed by atoms with Gasteiger partial charge in [0.2, 0.25) is 0 Å². The second kappa shape index (κ2) is 15.6. The highest BCUT2D eigenvalue weighted by Crippen LogP contribution is 2.54. The van der Waals surface area contributed by atoms with E-state index in [1.165, 1.54) is 131 Å². The first-order chi connectivity index (χ1) is 34.0. The van der Waals surface area contributed by atoms with Crippen LogP contribution in [0.25, 0.3) is 65.3 Å². The highest BCUT2D eigenvalue weighted by atomic mass is 28.3. The summed E-state index contributed by atoms with van der Waals surface area (Å²) >= 11 is 0. The van der Waals surface area contributed by atoms with Gasteiger partial charge < -0.3 is 9.80 Å². The molecule has 70 heavy (non-hydrogen) atoms. The molecule has 0 aliphatic carbocycles. The second-order valence-corrected chi connectivity index (χ2v) is 30.1. The van der Waals surface area contributed by atoms with Crippen molar-refractivity contribution in [2.24, 2.45) is 0 Å². The minimum Gasteiger partial charge on any atom is -0.310 e. The number of hydrogen-bond donors (Lipinski definition) is 0. The fourth-order valence-electron chi connectivity index (χ4n) is 13.2. The van der Waals surface area contributed by atoms with Crippen LogP contribution in [0.1, 0.15) is 50.7 Å². The molecule has 0 fully saturated rings. The molecule has 0 saturated carbocycles. The van der Waals surface area contributed by atoms with E-state index in [0.717, 1.165) is 0 Å². The molecule has 2 aliphatic heterocycles. The number of rotatable bonds is 8. The molecule has 2 aliphatic rings. The molecule has 340 valence electrons. The predicted octanol–water partition coefficient (Wildman–Crippen LogP) is 16.5. The summed E-state index contributed by atoms with van der Waals surface area (Å²) in [6, 6.07) is 74.4. The van der Waals surface area contributed by atoms with E-state index >= 15 is 0 Å². The van der Waals surface area contributed by atoms with Gasteiger partial charge in [0.05, 0.1) is 11.4 Å². The summed E-state index contributed by atoms with van der Waals surface area (Å²) in [5, 5.41) is 16.7. The summed E-state index contributed by atoms with van der Waals surface area (Å²) < 4.78 is 0. The highest BCUT2D eigenvalue weighted by molar-refractivity contribution is 7.05. The van der Waals surface area contributed by atoms with Crippen LogP contribution in [-0.2, 0) is 0 Å². The van der Waals surface area contributed by atoms with Crippen molar-refractivity contribution >= 4 is 114 Å². The predicted molar refractivity (Wildman–Crippen MR) is 310 cm³/mol. The zero-order chi connectivity index (χ0) is 47.8. The number of nitrogens with zero attached hydrogens (tertiary/aromatic N) is 2. The molecule has 0 unspecified atom stereocenters. The number of para-hydroxylation sites is 2. The van der Waals surface area contributed by atoms with Crippen LogP contribution in [0, 0.1) is 0 Å². The Balaban J connectivity index is 1.20. The topological polar surface area (TPSA) is 6.48 Å². The molecule has 11 aromatic rings. The van der Waals surface area contributed by atoms with Gasteiger partial charge in [-0.2, -0.15) is 0 Å². The molecule has 0 bridgehead atoms. The summed E-state index contributed by atoms with van der Waals surface area (Å²) in [5.41, 5.74) is 15.7. The van der Waals surface area contributed by atoms with Gasteiger partial charge in [-0.05, 0) is 136 Å². The molecular formula is C66H58N2Si2. The van der Waals surface area contributed by atoms with Crippen molar-refractivity contribution in [1.82, 2.24) is 0 Å². The van der Waals surface area contributed by atoms with Crippen LogP contribution >= 0.6 is 0 Å². The van der Waals surface area contributed by atoms with E-state index in [1.54, 1.807) is 0 Å². The average molecular weight is 935 g/mol. The molecule has 0 atom stereocenters. The third-order valence-corrected chi connectivity index (χ3v) is 23.4. The lowest BCUT2D eigenvalue weighted by molar-refractivity contribution is 0.876. The first-order valence-electron chi connectivity index (χ1n) is 25.3. The highest BCUT2D eigenvalue weighted by Gasteiger charge is 2.43. The Labute approximate surface area is 414 Å². The minimum absolute atomic E-state index is 0.256. The fraction of sp³-hybridized carbons (Fsp3) is 0.152. The number of anilines is 6. The van der Waals surface area contributed by atoms with Crippen LogP contribution in [0.4, 0.5) is 34.1 Å². The second-order valence-electron chi connectivity index (χ2n) is 21.6. The molecule has 13 rings (SSSR count). The van der Waals surface area contributed by atoms with Gasteiger partial charge in [-0.15, -0.1) is 0 Å². The van der Waals surface area contributed by atoms with Crippen LogP contribution < -0.4 is 30.5 Å². The zero-order valence-corrected chi connectivity index (χ0v) is 43.5. The molecule has 0 spiro atoms. The average Bonchev–Trinajstić information content (AvgIpc) is 3.77. The Bertz CT molecular complexity index is 3910. The number of hydrogen-bond acceptors (Lipinski definition) is 2. The van der Waals surface area contributed by atoms with Crippen molar-refractivity contribution in [3.8, 4) is 22.3 Å². The monoisotopic (exact) mass is 934 g/mol. The van der Waals surface area contributed by atoms with Gasteiger partial charge in [0, 0.05) is 44.3 Å². The smallest absolute Gasteiger partial charge is 0.116 e. The van der Waals surface area contributed by atoms with Crippen molar-refractivity contribution in [1.29, 1.82) is 0 Å². The summed E-state index contributed by atoms with van der Waals surface area (Å²) in [7, 11) is -4.31. The maximum Gasteiger partial charge on any atom is 0.116 e. The fourth-order valence-corrected chi connectivity index (χ4v) is 20.0. The maximum atomic E-state index is 2.65. The van der Waals surface area contributed by atoms with Gasteiger partial charge in [0.25, 0.3) is 0 Å². The maximum absolute atomic E-state index is 2.65. The molecule has 0 saturated heterocycles. The Morgan fingerprint density at radius 1 is 0.314 bits per heavy atom. The van der Waals surface area contributed by atoms with E-state index in [-0.39, 0.29) is 11.8 Å². The van der Waals surface area contributed by atoms with E-state index in [0.29, 0.717) is 0 Å². The van der Waals surface area contributed by atoms with Crippen molar-refractivity contribution < 1.29 is 0 Å². The summed E-state index contributed by atoms with van der Waals surface area (Å²) in [6.07, 6.45) is 0. The third kappa shape index (κ3) is 5.96. The van der Waals surface area contributed by atoms with E-state index in [2.05, 4.69) is 258 Å². The van der Waals surface area contributed by atoms with Gasteiger partial charge in [-0.3, -0.25) is 0 Å². The third-order valence-electron chi connectivity index (χ3n) is 16.2. The van der Waals surface area contributed by atoms with Crippen molar-refractivity contribution in [3.05, 3.63) is 205 Å². The number of benzene rings is 11. The largest absolute Gasteiger partial charge is 0.310 e. The standard InChI is InChI=1S/C66H58N2Si2/c1-41(2)53-39-58(68(44-25-13-10-14-26-44)56-34-22-32-51-46-28-18-20-36-60(46)70(7,8)66(51)56)62-48-30-16-15-29-47(48)61-54(42(3)4)40-57(52-38-37-49(53)63(62)64(52)61)67(43-23-11-9-12-24-43)55-33-21-31-50-45-27-17-19-35-59(45)69(5,6)65(50)55/h9-42H,1-8H3. The quantitative estimate of drug-likeness (QED) is 0.0851. The van der Waals surface area contributed by atoms with Crippen molar-refractivity contribution in [3.63, 3.8) is 0 Å². The Morgan fingerprint density at radius 3 is 1.26 bits per heavy atom. The summed E-state index contributed by atoms with van der Waals surface area (Å²) in [6.45, 7) is 19.8. The SMILES string of the molecule is CC(C)c1cc(N(c2ccccc2)c2cccc3c2[Si](C)(C)c2ccccc2-3)c2c3ccccc3c3c(C(C)C)cc(N(c4ccccc4)c4cccc5c4[Si](C)(C)c4ccccc4-5)c4ccc1c2c43. The van der Waals surface area contributed by atoms with Crippen LogP contribution in [0.3, 0.4) is 0 Å². The van der Waals surface area contributed by atoms with Crippen molar-refractivity contribution in [2.75, 3.05) is 9.80 Å². The first-order valence-corrected chi connectivity index (χ1v) is 31.3. The molecule has 4 heteroatoms. The zero-order valence-electron chi connectivity index (χ0n) is 41.5. The van der Waals surface area contributed by atoms with Gasteiger partial charge in [-0.1, -0.05) is 199 Å². The van der Waals surface area contributed by atoms with Crippen LogP contribution in [0.2, 0.25) is 26.2 Å². The Hall–Kier alpha value is -7.25. The molecular weight excluding hydrogens is 877 g/mol.